The van der Waals surface area contributed by atoms with E-state index in [2.05, 4.69) is 15.2 Å². The van der Waals surface area contributed by atoms with Crippen molar-refractivity contribution in [1.29, 1.82) is 0 Å². The predicted molar refractivity (Wildman–Crippen MR) is 115 cm³/mol. The third kappa shape index (κ3) is 4.64. The summed E-state index contributed by atoms with van der Waals surface area (Å²) in [6.45, 7) is 2.99. The predicted octanol–water partition coefficient (Wildman–Crippen LogP) is 5.75. The maximum atomic E-state index is 10.3. The van der Waals surface area contributed by atoms with E-state index in [1.54, 1.807) is 12.3 Å². The van der Waals surface area contributed by atoms with Crippen molar-refractivity contribution in [3.63, 3.8) is 0 Å². The molecular formula is C21H23Cl2N3O. The van der Waals surface area contributed by atoms with Gasteiger partial charge in [-0.25, -0.2) is 0 Å². The number of likely N-dealkylation sites (tertiary alicyclic amines) is 1. The number of nitrogens with one attached hydrogen (secondary N) is 1. The Morgan fingerprint density at radius 1 is 1.04 bits per heavy atom. The Morgan fingerprint density at radius 3 is 2.67 bits per heavy atom. The van der Waals surface area contributed by atoms with Gasteiger partial charge >= 0.3 is 0 Å². The molecule has 27 heavy (non-hydrogen) atoms. The monoisotopic (exact) mass is 403 g/mol. The van der Waals surface area contributed by atoms with Gasteiger partial charge < -0.3 is 10.4 Å². The van der Waals surface area contributed by atoms with Crippen molar-refractivity contribution in [3.8, 4) is 5.75 Å². The Bertz CT molecular complexity index is 926. The first-order valence-electron chi connectivity index (χ1n) is 9.04. The molecule has 0 bridgehead atoms. The smallest absolute Gasteiger partial charge is 0.120 e. The average Bonchev–Trinajstić information content (AvgIpc) is 2.65. The molecule has 0 amide bonds. The van der Waals surface area contributed by atoms with Crippen LogP contribution in [-0.4, -0.2) is 28.1 Å². The zero-order valence-corrected chi connectivity index (χ0v) is 16.6. The molecule has 4 rings (SSSR count). The van der Waals surface area contributed by atoms with E-state index in [-0.39, 0.29) is 12.4 Å². The van der Waals surface area contributed by atoms with Gasteiger partial charge in [-0.05, 0) is 68.4 Å². The maximum absolute atomic E-state index is 10.3. The summed E-state index contributed by atoms with van der Waals surface area (Å²) in [5.41, 5.74) is 3.74. The Kier molecular flexibility index (Phi) is 6.42. The molecule has 2 aromatic carbocycles. The first-order chi connectivity index (χ1) is 12.7. The second-order valence-electron chi connectivity index (χ2n) is 6.83. The number of hydrogen-bond donors (Lipinski definition) is 2. The van der Waals surface area contributed by atoms with Crippen LogP contribution in [-0.2, 0) is 6.54 Å². The molecule has 0 radical (unpaired) electrons. The summed E-state index contributed by atoms with van der Waals surface area (Å²) in [6, 6.07) is 13.4. The van der Waals surface area contributed by atoms with E-state index in [1.165, 1.54) is 19.3 Å². The second kappa shape index (κ2) is 8.79. The van der Waals surface area contributed by atoms with Crippen LogP contribution < -0.4 is 5.32 Å². The molecule has 0 atom stereocenters. The SMILES string of the molecule is Cl.Oc1ccc(Nc2ccnc3cc(Cl)ccc23)cc1CN1CCCCC1. The van der Waals surface area contributed by atoms with Crippen LogP contribution >= 0.6 is 24.0 Å². The summed E-state index contributed by atoms with van der Waals surface area (Å²) < 4.78 is 0. The van der Waals surface area contributed by atoms with Gasteiger partial charge in [0.15, 0.2) is 0 Å². The van der Waals surface area contributed by atoms with Gasteiger partial charge in [-0.3, -0.25) is 9.88 Å². The standard InChI is InChI=1S/C21H22ClN3O.ClH/c22-16-4-6-18-19(8-9-23-20(18)13-16)24-17-5-7-21(26)15(12-17)14-25-10-2-1-3-11-25;/h4-9,12-13,26H,1-3,10-11,14H2,(H,23,24);1H. The van der Waals surface area contributed by atoms with Crippen LogP contribution in [0.1, 0.15) is 24.8 Å². The number of piperidine rings is 1. The van der Waals surface area contributed by atoms with E-state index in [0.29, 0.717) is 10.8 Å². The number of rotatable bonds is 4. The summed E-state index contributed by atoms with van der Waals surface area (Å²) >= 11 is 6.07. The molecule has 6 heteroatoms. The van der Waals surface area contributed by atoms with Gasteiger partial charge in [0.1, 0.15) is 5.75 Å². The van der Waals surface area contributed by atoms with E-state index in [4.69, 9.17) is 11.6 Å². The Balaban J connectivity index is 0.00000210. The molecule has 0 spiro atoms. The number of anilines is 2. The van der Waals surface area contributed by atoms with Gasteiger partial charge in [-0.2, -0.15) is 0 Å². The van der Waals surface area contributed by atoms with Gasteiger partial charge in [-0.1, -0.05) is 18.0 Å². The Hall–Kier alpha value is -2.01. The summed E-state index contributed by atoms with van der Waals surface area (Å²) in [5, 5.41) is 15.4. The largest absolute Gasteiger partial charge is 0.508 e. The van der Waals surface area contributed by atoms with E-state index in [1.807, 2.05) is 36.4 Å². The number of phenolic OH excluding ortho intramolecular Hbond substituents is 1. The molecule has 2 N–H and O–H groups in total. The van der Waals surface area contributed by atoms with E-state index >= 15 is 0 Å². The van der Waals surface area contributed by atoms with Crippen molar-refractivity contribution < 1.29 is 5.11 Å². The molecule has 0 aliphatic carbocycles. The van der Waals surface area contributed by atoms with Gasteiger partial charge in [-0.15, -0.1) is 12.4 Å². The van der Waals surface area contributed by atoms with Crippen molar-refractivity contribution in [2.45, 2.75) is 25.8 Å². The van der Waals surface area contributed by atoms with Crippen molar-refractivity contribution >= 4 is 46.3 Å². The second-order valence-corrected chi connectivity index (χ2v) is 7.26. The van der Waals surface area contributed by atoms with Crippen LogP contribution in [0.2, 0.25) is 5.02 Å². The lowest BCUT2D eigenvalue weighted by atomic mass is 10.1. The number of aromatic hydroxyl groups is 1. The van der Waals surface area contributed by atoms with Crippen LogP contribution in [0.25, 0.3) is 10.9 Å². The minimum atomic E-state index is 0. The van der Waals surface area contributed by atoms with Crippen LogP contribution in [0.15, 0.2) is 48.7 Å². The van der Waals surface area contributed by atoms with Crippen LogP contribution in [0, 0.1) is 0 Å². The number of phenols is 1. The highest BCUT2D eigenvalue weighted by Crippen LogP contribution is 2.30. The van der Waals surface area contributed by atoms with E-state index in [9.17, 15) is 5.11 Å². The number of aromatic nitrogens is 1. The zero-order chi connectivity index (χ0) is 17.9. The summed E-state index contributed by atoms with van der Waals surface area (Å²) in [4.78, 5) is 6.79. The van der Waals surface area contributed by atoms with Gasteiger partial charge in [0, 0.05) is 40.1 Å². The van der Waals surface area contributed by atoms with Gasteiger partial charge in [0.2, 0.25) is 0 Å². The Morgan fingerprint density at radius 2 is 1.85 bits per heavy atom. The lowest BCUT2D eigenvalue weighted by Crippen LogP contribution is -2.29. The number of fused-ring (bicyclic) bond motifs is 1. The maximum Gasteiger partial charge on any atom is 0.120 e. The molecule has 1 saturated heterocycles. The highest BCUT2D eigenvalue weighted by atomic mass is 35.5. The summed E-state index contributed by atoms with van der Waals surface area (Å²) in [5.74, 6) is 0.354. The van der Waals surface area contributed by atoms with Crippen molar-refractivity contribution in [1.82, 2.24) is 9.88 Å². The molecule has 1 aliphatic rings. The lowest BCUT2D eigenvalue weighted by molar-refractivity contribution is 0.218. The minimum absolute atomic E-state index is 0. The number of nitrogens with zero attached hydrogens (tertiary/aromatic N) is 2. The molecule has 0 saturated carbocycles. The third-order valence-corrected chi connectivity index (χ3v) is 5.14. The number of pyridine rings is 1. The van der Waals surface area contributed by atoms with E-state index < -0.39 is 0 Å². The molecule has 3 aromatic rings. The summed E-state index contributed by atoms with van der Waals surface area (Å²) in [7, 11) is 0. The number of benzene rings is 2. The lowest BCUT2D eigenvalue weighted by Gasteiger charge is -2.26. The van der Waals surface area contributed by atoms with Gasteiger partial charge in [0.25, 0.3) is 0 Å². The molecule has 142 valence electrons. The fraction of sp³-hybridized carbons (Fsp3) is 0.286. The summed E-state index contributed by atoms with van der Waals surface area (Å²) in [6.07, 6.45) is 5.56. The highest BCUT2D eigenvalue weighted by molar-refractivity contribution is 6.31. The van der Waals surface area contributed by atoms with Crippen LogP contribution in [0.3, 0.4) is 0 Å². The van der Waals surface area contributed by atoms with Crippen molar-refractivity contribution in [2.75, 3.05) is 18.4 Å². The normalized spacial score (nSPS) is 14.7. The molecule has 0 unspecified atom stereocenters. The van der Waals surface area contributed by atoms with Crippen LogP contribution in [0.5, 0.6) is 5.75 Å². The molecule has 1 aliphatic heterocycles. The first kappa shape index (κ1) is 19.7. The molecular weight excluding hydrogens is 381 g/mol. The van der Waals surface area contributed by atoms with E-state index in [0.717, 1.165) is 47.5 Å². The third-order valence-electron chi connectivity index (χ3n) is 4.91. The number of halogens is 2. The Labute approximate surface area is 170 Å². The first-order valence-corrected chi connectivity index (χ1v) is 9.42. The highest BCUT2D eigenvalue weighted by Gasteiger charge is 2.13. The molecule has 2 heterocycles. The van der Waals surface area contributed by atoms with Crippen molar-refractivity contribution in [2.24, 2.45) is 0 Å². The minimum Gasteiger partial charge on any atom is -0.508 e. The van der Waals surface area contributed by atoms with Gasteiger partial charge in [0.05, 0.1) is 5.52 Å². The number of hydrogen-bond acceptors (Lipinski definition) is 4. The quantitative estimate of drug-likeness (QED) is 0.544. The molecule has 1 fully saturated rings. The molecule has 4 nitrogen and oxygen atoms in total. The van der Waals surface area contributed by atoms with Crippen molar-refractivity contribution in [3.05, 3.63) is 59.2 Å². The molecule has 1 aromatic heterocycles. The zero-order valence-electron chi connectivity index (χ0n) is 15.0. The average molecular weight is 404 g/mol. The topological polar surface area (TPSA) is 48.4 Å². The van der Waals surface area contributed by atoms with Crippen LogP contribution in [0.4, 0.5) is 11.4 Å². The fourth-order valence-electron chi connectivity index (χ4n) is 3.53. The fourth-order valence-corrected chi connectivity index (χ4v) is 3.70.